The minimum Gasteiger partial charge on any atom is -0.452 e. The molecule has 1 rings (SSSR count). The fourth-order valence-electron chi connectivity index (χ4n) is 1.20. The van der Waals surface area contributed by atoms with Crippen molar-refractivity contribution in [1.29, 1.82) is 0 Å². The van der Waals surface area contributed by atoms with Crippen LogP contribution in [0.4, 0.5) is 4.79 Å². The van der Waals surface area contributed by atoms with Gasteiger partial charge in [0.25, 0.3) is 5.91 Å². The smallest absolute Gasteiger partial charge is 0.331 e. The van der Waals surface area contributed by atoms with Crippen LogP contribution in [0, 0.1) is 0 Å². The maximum Gasteiger partial charge on any atom is 0.331 e. The number of carbonyl (C=O) groups is 3. The van der Waals surface area contributed by atoms with Crippen LogP contribution in [0.15, 0.2) is 11.6 Å². The highest BCUT2D eigenvalue weighted by Crippen LogP contribution is 1.98. The van der Waals surface area contributed by atoms with Crippen LogP contribution >= 0.6 is 0 Å². The first kappa shape index (κ1) is 12.2. The number of amides is 3. The zero-order chi connectivity index (χ0) is 12.1. The fourth-order valence-corrected chi connectivity index (χ4v) is 1.20. The Morgan fingerprint density at radius 3 is 2.69 bits per heavy atom. The van der Waals surface area contributed by atoms with Crippen molar-refractivity contribution in [1.82, 2.24) is 10.2 Å². The Bertz CT molecular complexity index is 345. The van der Waals surface area contributed by atoms with Gasteiger partial charge in [0, 0.05) is 19.2 Å². The van der Waals surface area contributed by atoms with E-state index in [1.807, 2.05) is 0 Å². The van der Waals surface area contributed by atoms with E-state index in [0.29, 0.717) is 13.1 Å². The van der Waals surface area contributed by atoms with Gasteiger partial charge in [-0.1, -0.05) is 5.57 Å². The van der Waals surface area contributed by atoms with E-state index in [1.165, 1.54) is 6.08 Å². The van der Waals surface area contributed by atoms with Gasteiger partial charge in [-0.3, -0.25) is 9.69 Å². The average molecular weight is 226 g/mol. The zero-order valence-electron chi connectivity index (χ0n) is 9.28. The summed E-state index contributed by atoms with van der Waals surface area (Å²) < 4.78 is 4.69. The zero-order valence-corrected chi connectivity index (χ0v) is 9.28. The molecular weight excluding hydrogens is 212 g/mol. The van der Waals surface area contributed by atoms with Crippen molar-refractivity contribution in [2.75, 3.05) is 19.7 Å². The number of nitrogens with zero attached hydrogens (tertiary/aromatic N) is 1. The van der Waals surface area contributed by atoms with Crippen molar-refractivity contribution in [2.45, 2.75) is 13.8 Å². The van der Waals surface area contributed by atoms with Crippen LogP contribution in [0.5, 0.6) is 0 Å². The summed E-state index contributed by atoms with van der Waals surface area (Å²) in [7, 11) is 0. The molecule has 1 heterocycles. The Labute approximate surface area is 93.2 Å². The molecule has 1 saturated heterocycles. The van der Waals surface area contributed by atoms with Crippen LogP contribution in [-0.2, 0) is 14.3 Å². The van der Waals surface area contributed by atoms with Crippen LogP contribution in [0.25, 0.3) is 0 Å². The second-order valence-corrected chi connectivity index (χ2v) is 3.61. The summed E-state index contributed by atoms with van der Waals surface area (Å²) in [5, 5.41) is 2.48. The first-order valence-corrected chi connectivity index (χ1v) is 4.90. The Balaban J connectivity index is 2.38. The fraction of sp³-hybridized carbons (Fsp3) is 0.500. The first-order valence-electron chi connectivity index (χ1n) is 4.90. The van der Waals surface area contributed by atoms with E-state index >= 15 is 0 Å². The summed E-state index contributed by atoms with van der Waals surface area (Å²) in [6.07, 6.45) is 1.29. The molecule has 6 nitrogen and oxygen atoms in total. The quantitative estimate of drug-likeness (QED) is 0.545. The van der Waals surface area contributed by atoms with E-state index in [0.717, 1.165) is 10.5 Å². The van der Waals surface area contributed by atoms with Gasteiger partial charge in [0.15, 0.2) is 6.61 Å². The van der Waals surface area contributed by atoms with Crippen molar-refractivity contribution >= 4 is 17.9 Å². The molecule has 0 aromatic carbocycles. The number of imide groups is 1. The topological polar surface area (TPSA) is 75.7 Å². The van der Waals surface area contributed by atoms with Crippen molar-refractivity contribution in [2.24, 2.45) is 0 Å². The van der Waals surface area contributed by atoms with Crippen molar-refractivity contribution < 1.29 is 19.1 Å². The number of esters is 1. The lowest BCUT2D eigenvalue weighted by Crippen LogP contribution is -2.37. The molecule has 0 radical (unpaired) electrons. The molecule has 0 aliphatic carbocycles. The van der Waals surface area contributed by atoms with Crippen molar-refractivity contribution in [3.63, 3.8) is 0 Å². The lowest BCUT2D eigenvalue weighted by Gasteiger charge is -2.11. The van der Waals surface area contributed by atoms with Crippen LogP contribution in [0.1, 0.15) is 13.8 Å². The van der Waals surface area contributed by atoms with Gasteiger partial charge in [-0.05, 0) is 13.8 Å². The molecule has 88 valence electrons. The molecule has 0 atom stereocenters. The van der Waals surface area contributed by atoms with Gasteiger partial charge in [-0.15, -0.1) is 0 Å². The number of urea groups is 1. The SMILES string of the molecule is CC(C)=CC(=O)OCC(=O)N1CCNC1=O. The van der Waals surface area contributed by atoms with E-state index in [2.05, 4.69) is 10.1 Å². The van der Waals surface area contributed by atoms with Gasteiger partial charge < -0.3 is 10.1 Å². The number of allylic oxidation sites excluding steroid dienone is 1. The van der Waals surface area contributed by atoms with Crippen LogP contribution in [0.3, 0.4) is 0 Å². The molecule has 0 saturated carbocycles. The van der Waals surface area contributed by atoms with Crippen LogP contribution < -0.4 is 5.32 Å². The standard InChI is InChI=1S/C10H14N2O4/c1-7(2)5-9(14)16-6-8(13)12-4-3-11-10(12)15/h5H,3-4,6H2,1-2H3,(H,11,15). The number of nitrogens with one attached hydrogen (secondary N) is 1. The second-order valence-electron chi connectivity index (χ2n) is 3.61. The van der Waals surface area contributed by atoms with E-state index < -0.39 is 24.5 Å². The normalized spacial score (nSPS) is 14.4. The second kappa shape index (κ2) is 5.29. The molecule has 0 aromatic heterocycles. The van der Waals surface area contributed by atoms with Gasteiger partial charge in [0.05, 0.1) is 0 Å². The molecular formula is C10H14N2O4. The van der Waals surface area contributed by atoms with Gasteiger partial charge >= 0.3 is 12.0 Å². The number of hydrogen-bond donors (Lipinski definition) is 1. The lowest BCUT2D eigenvalue weighted by molar-refractivity contribution is -0.146. The third kappa shape index (κ3) is 3.38. The summed E-state index contributed by atoms with van der Waals surface area (Å²) in [5.41, 5.74) is 0.788. The predicted octanol–water partition coefficient (Wildman–Crippen LogP) is 0.0476. The maximum atomic E-state index is 11.4. The monoisotopic (exact) mass is 226 g/mol. The molecule has 0 unspecified atom stereocenters. The molecule has 1 N–H and O–H groups in total. The summed E-state index contributed by atoms with van der Waals surface area (Å²) in [6.45, 7) is 3.84. The number of hydrogen-bond acceptors (Lipinski definition) is 4. The van der Waals surface area contributed by atoms with E-state index in [1.54, 1.807) is 13.8 Å². The van der Waals surface area contributed by atoms with Crippen LogP contribution in [0.2, 0.25) is 0 Å². The molecule has 6 heteroatoms. The lowest BCUT2D eigenvalue weighted by atomic mass is 10.3. The minimum absolute atomic E-state index is 0.317. The van der Waals surface area contributed by atoms with Crippen molar-refractivity contribution in [3.8, 4) is 0 Å². The number of ether oxygens (including phenoxy) is 1. The molecule has 0 aromatic rings. The molecule has 0 spiro atoms. The highest BCUT2D eigenvalue weighted by Gasteiger charge is 2.26. The highest BCUT2D eigenvalue weighted by molar-refractivity contribution is 5.97. The Hall–Kier alpha value is -1.85. The van der Waals surface area contributed by atoms with Gasteiger partial charge in [-0.25, -0.2) is 9.59 Å². The predicted molar refractivity (Wildman–Crippen MR) is 55.5 cm³/mol. The van der Waals surface area contributed by atoms with E-state index in [9.17, 15) is 14.4 Å². The van der Waals surface area contributed by atoms with Gasteiger partial charge in [0.1, 0.15) is 0 Å². The largest absolute Gasteiger partial charge is 0.452 e. The third-order valence-corrected chi connectivity index (χ3v) is 1.90. The Kier molecular flexibility index (Phi) is 4.04. The third-order valence-electron chi connectivity index (χ3n) is 1.90. The van der Waals surface area contributed by atoms with Gasteiger partial charge in [0.2, 0.25) is 0 Å². The maximum absolute atomic E-state index is 11.4. The van der Waals surface area contributed by atoms with Crippen LogP contribution in [-0.4, -0.2) is 42.5 Å². The van der Waals surface area contributed by atoms with E-state index in [-0.39, 0.29) is 0 Å². The Morgan fingerprint density at radius 2 is 2.19 bits per heavy atom. The molecule has 0 bridgehead atoms. The minimum atomic E-state index is -0.576. The summed E-state index contributed by atoms with van der Waals surface area (Å²) in [4.78, 5) is 34.6. The highest BCUT2D eigenvalue weighted by atomic mass is 16.5. The number of carbonyl (C=O) groups excluding carboxylic acids is 3. The molecule has 16 heavy (non-hydrogen) atoms. The molecule has 1 aliphatic heterocycles. The average Bonchev–Trinajstić information content (AvgIpc) is 2.60. The summed E-state index contributed by atoms with van der Waals surface area (Å²) >= 11 is 0. The summed E-state index contributed by atoms with van der Waals surface area (Å²) in [5.74, 6) is -1.08. The molecule has 1 fully saturated rings. The van der Waals surface area contributed by atoms with Gasteiger partial charge in [-0.2, -0.15) is 0 Å². The number of rotatable bonds is 3. The molecule has 3 amide bonds. The van der Waals surface area contributed by atoms with Crippen molar-refractivity contribution in [3.05, 3.63) is 11.6 Å². The Morgan fingerprint density at radius 1 is 1.50 bits per heavy atom. The first-order chi connectivity index (χ1) is 7.50. The van der Waals surface area contributed by atoms with E-state index in [4.69, 9.17) is 0 Å². The summed E-state index contributed by atoms with van der Waals surface area (Å²) in [6, 6.07) is -0.441. The molecule has 1 aliphatic rings.